The number of methoxy groups -OCH3 is 2. The topological polar surface area (TPSA) is 85.3 Å². The number of hydrogen-bond acceptors (Lipinski definition) is 6. The normalized spacial score (nSPS) is 17.1. The van der Waals surface area contributed by atoms with Gasteiger partial charge in [-0.05, 0) is 66.7 Å². The second-order valence-electron chi connectivity index (χ2n) is 6.08. The van der Waals surface area contributed by atoms with Crippen LogP contribution in [-0.2, 0) is 14.8 Å². The first-order valence-electron chi connectivity index (χ1n) is 8.83. The summed E-state index contributed by atoms with van der Waals surface area (Å²) in [5.41, 5.74) is 0.683. The minimum Gasteiger partial charge on any atom is -0.493 e. The molecule has 7 nitrogen and oxygen atoms in total. The Kier molecular flexibility index (Phi) is 6.47. The van der Waals surface area contributed by atoms with E-state index in [-0.39, 0.29) is 22.5 Å². The zero-order valence-electron chi connectivity index (χ0n) is 16.5. The molecule has 10 heteroatoms. The summed E-state index contributed by atoms with van der Waals surface area (Å²) in [5, 5.41) is 0.0403. The molecular formula is C20H19FN2O5S2. The van der Waals surface area contributed by atoms with Crippen LogP contribution >= 0.6 is 11.8 Å². The summed E-state index contributed by atoms with van der Waals surface area (Å²) in [5.74, 6) is 0.142. The van der Waals surface area contributed by atoms with E-state index in [2.05, 4.69) is 4.40 Å². The lowest BCUT2D eigenvalue weighted by atomic mass is 10.2. The highest BCUT2D eigenvalue weighted by atomic mass is 32.2. The van der Waals surface area contributed by atoms with Gasteiger partial charge in [-0.2, -0.15) is 8.42 Å². The molecule has 0 radical (unpaired) electrons. The van der Waals surface area contributed by atoms with Gasteiger partial charge in [0.25, 0.3) is 15.9 Å². The van der Waals surface area contributed by atoms with Gasteiger partial charge in [0.15, 0.2) is 16.7 Å². The Morgan fingerprint density at radius 2 is 1.77 bits per heavy atom. The van der Waals surface area contributed by atoms with Crippen LogP contribution in [0.1, 0.15) is 12.5 Å². The predicted octanol–water partition coefficient (Wildman–Crippen LogP) is 3.52. The van der Waals surface area contributed by atoms with Gasteiger partial charge < -0.3 is 9.47 Å². The molecule has 1 saturated heterocycles. The third kappa shape index (κ3) is 4.49. The van der Waals surface area contributed by atoms with E-state index in [0.29, 0.717) is 22.0 Å². The fraction of sp³-hybridized carbons (Fsp3) is 0.200. The first-order valence-corrected chi connectivity index (χ1v) is 11.1. The van der Waals surface area contributed by atoms with Crippen molar-refractivity contribution in [3.8, 4) is 11.5 Å². The number of carbonyl (C=O) groups is 1. The molecule has 0 saturated carbocycles. The van der Waals surface area contributed by atoms with Crippen molar-refractivity contribution in [3.63, 3.8) is 0 Å². The highest BCUT2D eigenvalue weighted by molar-refractivity contribution is 8.19. The Bertz CT molecular complexity index is 1130. The number of thioether (sulfide) groups is 1. The molecule has 30 heavy (non-hydrogen) atoms. The van der Waals surface area contributed by atoms with Gasteiger partial charge in [-0.15, -0.1) is 4.40 Å². The minimum atomic E-state index is -4.10. The number of likely N-dealkylation sites (N-methyl/N-ethyl adjacent to an activating group) is 1. The van der Waals surface area contributed by atoms with Gasteiger partial charge in [-0.25, -0.2) is 4.39 Å². The molecular weight excluding hydrogens is 431 g/mol. The third-order valence-corrected chi connectivity index (χ3v) is 6.62. The molecule has 0 aromatic heterocycles. The molecule has 3 rings (SSSR count). The van der Waals surface area contributed by atoms with Crippen LogP contribution in [0.2, 0.25) is 0 Å². The molecule has 1 aliphatic rings. The standard InChI is InChI=1S/C20H19FN2O5S2/c1-4-23-19(24)18(12-13-5-10-16(27-2)17(11-13)28-3)29-20(23)22-30(25,26)15-8-6-14(21)7-9-15/h5-12H,4H2,1-3H3/b18-12-,22-20+. The second-order valence-corrected chi connectivity index (χ2v) is 8.69. The maximum atomic E-state index is 13.1. The third-order valence-electron chi connectivity index (χ3n) is 4.22. The average molecular weight is 451 g/mol. The molecule has 0 spiro atoms. The first kappa shape index (κ1) is 21.8. The number of nitrogens with zero attached hydrogens (tertiary/aromatic N) is 2. The fourth-order valence-electron chi connectivity index (χ4n) is 2.71. The van der Waals surface area contributed by atoms with E-state index in [1.807, 2.05) is 0 Å². The van der Waals surface area contributed by atoms with Gasteiger partial charge in [0.1, 0.15) is 5.82 Å². The van der Waals surface area contributed by atoms with E-state index in [1.165, 1.54) is 19.1 Å². The SMILES string of the molecule is CCN1C(=O)/C(=C/c2ccc(OC)c(OC)c2)S/C1=N/S(=O)(=O)c1ccc(F)cc1. The van der Waals surface area contributed by atoms with Crippen LogP contribution in [0.5, 0.6) is 11.5 Å². The molecule has 2 aromatic carbocycles. The predicted molar refractivity (Wildman–Crippen MR) is 114 cm³/mol. The van der Waals surface area contributed by atoms with E-state index in [9.17, 15) is 17.6 Å². The summed E-state index contributed by atoms with van der Waals surface area (Å²) in [6, 6.07) is 9.52. The Morgan fingerprint density at radius 3 is 2.37 bits per heavy atom. The Labute approximate surface area is 178 Å². The molecule has 2 aromatic rings. The number of benzene rings is 2. The Hall–Kier alpha value is -2.85. The first-order chi connectivity index (χ1) is 14.3. The molecule has 0 N–H and O–H groups in total. The average Bonchev–Trinajstić information content (AvgIpc) is 3.01. The fourth-order valence-corrected chi connectivity index (χ4v) is 4.96. The van der Waals surface area contributed by atoms with Crippen LogP contribution < -0.4 is 9.47 Å². The lowest BCUT2D eigenvalue weighted by Crippen LogP contribution is -2.29. The molecule has 0 unspecified atom stereocenters. The summed E-state index contributed by atoms with van der Waals surface area (Å²) < 4.78 is 52.5. The van der Waals surface area contributed by atoms with E-state index >= 15 is 0 Å². The van der Waals surface area contributed by atoms with Crippen LogP contribution in [0.25, 0.3) is 6.08 Å². The summed E-state index contributed by atoms with van der Waals surface area (Å²) in [6.45, 7) is 1.96. The van der Waals surface area contributed by atoms with E-state index < -0.39 is 15.8 Å². The molecule has 1 aliphatic heterocycles. The van der Waals surface area contributed by atoms with Gasteiger partial charge in [-0.1, -0.05) is 6.07 Å². The maximum Gasteiger partial charge on any atom is 0.284 e. The van der Waals surface area contributed by atoms with Crippen molar-refractivity contribution in [2.24, 2.45) is 4.40 Å². The minimum absolute atomic E-state index is 0.0403. The number of halogens is 1. The van der Waals surface area contributed by atoms with Crippen LogP contribution in [-0.4, -0.2) is 45.2 Å². The van der Waals surface area contributed by atoms with E-state index in [4.69, 9.17) is 9.47 Å². The second kappa shape index (κ2) is 8.88. The zero-order valence-corrected chi connectivity index (χ0v) is 18.1. The van der Waals surface area contributed by atoms with Crippen LogP contribution in [0.15, 0.2) is 56.7 Å². The monoisotopic (exact) mass is 450 g/mol. The van der Waals surface area contributed by atoms with Crippen molar-refractivity contribution in [2.45, 2.75) is 11.8 Å². The lowest BCUT2D eigenvalue weighted by molar-refractivity contribution is -0.122. The Morgan fingerprint density at radius 1 is 1.10 bits per heavy atom. The number of carbonyl (C=O) groups excluding carboxylic acids is 1. The molecule has 0 atom stereocenters. The molecule has 0 aliphatic carbocycles. The molecule has 0 bridgehead atoms. The summed E-state index contributed by atoms with van der Waals surface area (Å²) in [6.07, 6.45) is 1.63. The lowest BCUT2D eigenvalue weighted by Gasteiger charge is -2.12. The van der Waals surface area contributed by atoms with E-state index in [1.54, 1.807) is 31.2 Å². The largest absolute Gasteiger partial charge is 0.493 e. The summed E-state index contributed by atoms with van der Waals surface area (Å²) >= 11 is 0.957. The number of ether oxygens (including phenoxy) is 2. The van der Waals surface area contributed by atoms with Gasteiger partial charge in [0.2, 0.25) is 0 Å². The molecule has 158 valence electrons. The number of amides is 1. The Balaban J connectivity index is 1.96. The highest BCUT2D eigenvalue weighted by Crippen LogP contribution is 2.35. The van der Waals surface area contributed by atoms with Crippen molar-refractivity contribution in [3.05, 3.63) is 58.8 Å². The smallest absolute Gasteiger partial charge is 0.284 e. The highest BCUT2D eigenvalue weighted by Gasteiger charge is 2.34. The number of hydrogen-bond donors (Lipinski definition) is 0. The molecule has 1 heterocycles. The van der Waals surface area contributed by atoms with Gasteiger partial charge in [0, 0.05) is 6.54 Å². The van der Waals surface area contributed by atoms with Gasteiger partial charge in [0.05, 0.1) is 24.0 Å². The van der Waals surface area contributed by atoms with E-state index in [0.717, 1.165) is 36.0 Å². The van der Waals surface area contributed by atoms with Crippen molar-refractivity contribution in [2.75, 3.05) is 20.8 Å². The van der Waals surface area contributed by atoms with Crippen LogP contribution in [0.3, 0.4) is 0 Å². The number of rotatable bonds is 6. The van der Waals surface area contributed by atoms with Gasteiger partial charge >= 0.3 is 0 Å². The quantitative estimate of drug-likeness (QED) is 0.626. The van der Waals surface area contributed by atoms with Crippen LogP contribution in [0, 0.1) is 5.82 Å². The van der Waals surface area contributed by atoms with Crippen molar-refractivity contribution >= 4 is 38.9 Å². The zero-order chi connectivity index (χ0) is 21.9. The summed E-state index contributed by atoms with van der Waals surface area (Å²) in [4.78, 5) is 14.2. The van der Waals surface area contributed by atoms with Crippen molar-refractivity contribution < 1.29 is 27.1 Å². The maximum absolute atomic E-state index is 13.1. The number of amidine groups is 1. The van der Waals surface area contributed by atoms with Gasteiger partial charge in [-0.3, -0.25) is 9.69 Å². The summed E-state index contributed by atoms with van der Waals surface area (Å²) in [7, 11) is -1.07. The number of sulfonamides is 1. The van der Waals surface area contributed by atoms with Crippen LogP contribution in [0.4, 0.5) is 4.39 Å². The molecule has 1 fully saturated rings. The van der Waals surface area contributed by atoms with Crippen molar-refractivity contribution in [1.29, 1.82) is 0 Å². The molecule has 1 amide bonds. The van der Waals surface area contributed by atoms with Crippen molar-refractivity contribution in [1.82, 2.24) is 4.90 Å².